The number of Topliss-reactive ketones (excluding diaryl/α,β-unsaturated/α-hetero) is 1. The molecule has 0 bridgehead atoms. The van der Waals surface area contributed by atoms with E-state index in [1.165, 1.54) is 6.92 Å². The fraction of sp³-hybridized carbons (Fsp3) is 0.400. The van der Waals surface area contributed by atoms with E-state index >= 15 is 0 Å². The molecule has 0 radical (unpaired) electrons. The Hall–Kier alpha value is -0.990. The lowest BCUT2D eigenvalue weighted by atomic mass is 10.3. The molecule has 0 aliphatic carbocycles. The largest absolute Gasteiger partial charge is 0.307 e. The van der Waals surface area contributed by atoms with Gasteiger partial charge in [0.15, 0.2) is 0 Å². The van der Waals surface area contributed by atoms with Gasteiger partial charge < -0.3 is 9.59 Å². The topological polar surface area (TPSA) is 51.2 Å². The summed E-state index contributed by atoms with van der Waals surface area (Å²) in [4.78, 5) is 27.2. The minimum Gasteiger partial charge on any atom is -0.307 e. The first-order chi connectivity index (χ1) is 3.77. The van der Waals surface area contributed by atoms with E-state index in [1.54, 1.807) is 0 Å². The summed E-state index contributed by atoms with van der Waals surface area (Å²) in [5, 5.41) is 0. The Morgan fingerprint density at radius 2 is 2.00 bits per heavy atom. The molecule has 0 fully saturated rings. The van der Waals surface area contributed by atoms with Crippen LogP contribution in [0.2, 0.25) is 0 Å². The van der Waals surface area contributed by atoms with Crippen LogP contribution in [0.1, 0.15) is 13.3 Å². The number of ketones is 1. The van der Waals surface area contributed by atoms with Crippen LogP contribution in [0.25, 0.3) is 0 Å². The molecule has 0 aromatic rings. The van der Waals surface area contributed by atoms with Crippen molar-refractivity contribution in [1.82, 2.24) is 0 Å². The molecule has 3 nitrogen and oxygen atoms in total. The third kappa shape index (κ3) is 19.9. The second-order valence-corrected chi connectivity index (χ2v) is 1.07. The van der Waals surface area contributed by atoms with Gasteiger partial charge in [-0.15, -0.1) is 0 Å². The van der Waals surface area contributed by atoms with E-state index in [-0.39, 0.29) is 12.2 Å². The van der Waals surface area contributed by atoms with E-state index < -0.39 is 0 Å². The molecule has 0 N–H and O–H groups in total. The van der Waals surface area contributed by atoms with Crippen LogP contribution >= 0.6 is 0 Å². The summed E-state index contributed by atoms with van der Waals surface area (Å²) < 4.78 is 0. The zero-order valence-corrected chi connectivity index (χ0v) is 4.72. The van der Waals surface area contributed by atoms with Crippen LogP contribution in [0, 0.1) is 0 Å². The van der Waals surface area contributed by atoms with E-state index in [1.807, 2.05) is 6.79 Å². The second kappa shape index (κ2) is 9.38. The molecule has 0 aromatic heterocycles. The highest BCUT2D eigenvalue weighted by molar-refractivity contribution is 5.87. The van der Waals surface area contributed by atoms with Crippen molar-refractivity contribution < 1.29 is 14.4 Å². The van der Waals surface area contributed by atoms with Gasteiger partial charge in [0.05, 0.1) is 6.42 Å². The second-order valence-electron chi connectivity index (χ2n) is 1.07. The highest BCUT2D eigenvalue weighted by atomic mass is 16.1. The van der Waals surface area contributed by atoms with Crippen molar-refractivity contribution in [1.29, 1.82) is 0 Å². The van der Waals surface area contributed by atoms with Gasteiger partial charge in [-0.05, 0) is 6.92 Å². The lowest BCUT2D eigenvalue weighted by Crippen LogP contribution is -1.87. The fourth-order valence-corrected chi connectivity index (χ4v) is 0.117. The Labute approximate surface area is 47.7 Å². The summed E-state index contributed by atoms with van der Waals surface area (Å²) in [6.45, 7) is 3.38. The maximum Gasteiger partial charge on any atom is 0.136 e. The minimum atomic E-state index is -0.0787. The van der Waals surface area contributed by atoms with Crippen LogP contribution in [-0.2, 0) is 14.4 Å². The summed E-state index contributed by atoms with van der Waals surface area (Å²) >= 11 is 0. The number of aldehydes is 1. The third-order valence-electron chi connectivity index (χ3n) is 0.371. The van der Waals surface area contributed by atoms with Crippen LogP contribution < -0.4 is 0 Å². The molecular weight excluding hydrogens is 108 g/mol. The Morgan fingerprint density at radius 3 is 2.00 bits per heavy atom. The van der Waals surface area contributed by atoms with Gasteiger partial charge in [-0.25, -0.2) is 0 Å². The number of carbonyl (C=O) groups excluding carboxylic acids is 3. The van der Waals surface area contributed by atoms with Crippen LogP contribution in [-0.4, -0.2) is 18.9 Å². The fourth-order valence-electron chi connectivity index (χ4n) is 0.117. The molecule has 0 unspecified atom stereocenters. The molecular formula is C5H8O3. The van der Waals surface area contributed by atoms with Crippen molar-refractivity contribution in [3.05, 3.63) is 0 Å². The van der Waals surface area contributed by atoms with Gasteiger partial charge in [0, 0.05) is 0 Å². The number of carbonyl (C=O) groups is 3. The lowest BCUT2D eigenvalue weighted by Gasteiger charge is -1.71. The summed E-state index contributed by atoms with van der Waals surface area (Å²) in [7, 11) is 0. The summed E-state index contributed by atoms with van der Waals surface area (Å²) in [5.41, 5.74) is 0. The molecule has 0 heterocycles. The van der Waals surface area contributed by atoms with E-state index in [2.05, 4.69) is 0 Å². The summed E-state index contributed by atoms with van der Waals surface area (Å²) in [5.74, 6) is -0.0787. The first-order valence-electron chi connectivity index (χ1n) is 1.99. The highest BCUT2D eigenvalue weighted by Gasteiger charge is 1.83. The minimum absolute atomic E-state index is 0.0556. The van der Waals surface area contributed by atoms with Gasteiger partial charge in [0.2, 0.25) is 0 Å². The Balaban J connectivity index is 0. The normalized spacial score (nSPS) is 6.12. The van der Waals surface area contributed by atoms with Gasteiger partial charge in [-0.1, -0.05) is 0 Å². The monoisotopic (exact) mass is 116 g/mol. The third-order valence-corrected chi connectivity index (χ3v) is 0.371. The van der Waals surface area contributed by atoms with Gasteiger partial charge in [-0.3, -0.25) is 4.79 Å². The van der Waals surface area contributed by atoms with Crippen molar-refractivity contribution in [2.75, 3.05) is 0 Å². The van der Waals surface area contributed by atoms with Crippen LogP contribution in [0.15, 0.2) is 0 Å². The summed E-state index contributed by atoms with van der Waals surface area (Å²) in [6, 6.07) is 0. The molecule has 0 rings (SSSR count). The van der Waals surface area contributed by atoms with Gasteiger partial charge in [-0.2, -0.15) is 0 Å². The number of hydrogen-bond donors (Lipinski definition) is 0. The van der Waals surface area contributed by atoms with Gasteiger partial charge in [0.25, 0.3) is 0 Å². The molecule has 0 amide bonds. The average molecular weight is 116 g/mol. The lowest BCUT2D eigenvalue weighted by molar-refractivity contribution is -0.120. The zero-order chi connectivity index (χ0) is 6.99. The highest BCUT2D eigenvalue weighted by Crippen LogP contribution is 1.69. The van der Waals surface area contributed by atoms with Crippen molar-refractivity contribution >= 4 is 18.9 Å². The van der Waals surface area contributed by atoms with Crippen molar-refractivity contribution in [3.8, 4) is 0 Å². The van der Waals surface area contributed by atoms with Gasteiger partial charge in [0.1, 0.15) is 18.9 Å². The molecule has 0 aromatic carbocycles. The molecule has 8 heavy (non-hydrogen) atoms. The van der Waals surface area contributed by atoms with E-state index in [4.69, 9.17) is 4.79 Å². The Bertz CT molecular complexity index is 77.7. The predicted molar refractivity (Wildman–Crippen MR) is 28.5 cm³/mol. The quantitative estimate of drug-likeness (QED) is 0.376. The van der Waals surface area contributed by atoms with E-state index in [0.717, 1.165) is 0 Å². The number of rotatable bonds is 2. The molecule has 0 aliphatic rings. The molecule has 0 saturated heterocycles. The Morgan fingerprint density at radius 1 is 1.62 bits per heavy atom. The molecule has 0 saturated carbocycles. The number of hydrogen-bond acceptors (Lipinski definition) is 3. The van der Waals surface area contributed by atoms with E-state index in [9.17, 15) is 9.59 Å². The summed E-state index contributed by atoms with van der Waals surface area (Å²) in [6.07, 6.45) is 0.655. The van der Waals surface area contributed by atoms with Gasteiger partial charge >= 0.3 is 0 Å². The molecule has 0 atom stereocenters. The predicted octanol–water partition coefficient (Wildman–Crippen LogP) is -0.0205. The Kier molecular flexibility index (Phi) is 11.8. The van der Waals surface area contributed by atoms with Crippen molar-refractivity contribution in [3.63, 3.8) is 0 Å². The first kappa shape index (κ1) is 10.1. The zero-order valence-electron chi connectivity index (χ0n) is 4.72. The van der Waals surface area contributed by atoms with Crippen LogP contribution in [0.4, 0.5) is 0 Å². The molecule has 0 spiro atoms. The SMILES string of the molecule is C=O.CC(=O)CC=O. The van der Waals surface area contributed by atoms with Crippen LogP contribution in [0.3, 0.4) is 0 Å². The first-order valence-corrected chi connectivity index (χ1v) is 1.99. The maximum absolute atomic E-state index is 9.81. The average Bonchev–Trinajstić information content (AvgIpc) is 1.72. The van der Waals surface area contributed by atoms with Crippen LogP contribution in [0.5, 0.6) is 0 Å². The van der Waals surface area contributed by atoms with E-state index in [0.29, 0.717) is 6.29 Å². The molecule has 3 heteroatoms. The smallest absolute Gasteiger partial charge is 0.136 e. The van der Waals surface area contributed by atoms with Crippen molar-refractivity contribution in [2.45, 2.75) is 13.3 Å². The molecule has 46 valence electrons. The maximum atomic E-state index is 9.81. The standard InChI is InChI=1S/C4H6O2.CH2O/c1-4(6)2-3-5;1-2/h3H,2H2,1H3;1H2. The molecule has 0 aliphatic heterocycles. The van der Waals surface area contributed by atoms with Crippen molar-refractivity contribution in [2.24, 2.45) is 0 Å².